The summed E-state index contributed by atoms with van der Waals surface area (Å²) in [5.74, 6) is 0. The lowest BCUT2D eigenvalue weighted by Crippen LogP contribution is -1.97. The molecule has 5 heteroatoms. The van der Waals surface area contributed by atoms with Crippen LogP contribution in [0.4, 0.5) is 0 Å². The van der Waals surface area contributed by atoms with Crippen LogP contribution < -0.4 is 0 Å². The van der Waals surface area contributed by atoms with E-state index >= 15 is 0 Å². The molecule has 0 heterocycles. The van der Waals surface area contributed by atoms with E-state index in [4.69, 9.17) is 13.8 Å². The van der Waals surface area contributed by atoms with Crippen LogP contribution in [-0.4, -0.2) is 26.4 Å². The SMILES string of the molecule is C=CCOCC/C=C/C(=C/C)P(=O)(OCC)OCC. The quantitative estimate of drug-likeness (QED) is 0.246. The molecule has 0 atom stereocenters. The number of hydrogen-bond donors (Lipinski definition) is 0. The zero-order valence-electron chi connectivity index (χ0n) is 12.1. The van der Waals surface area contributed by atoms with Crippen molar-refractivity contribution in [2.75, 3.05) is 26.4 Å². The fourth-order valence-electron chi connectivity index (χ4n) is 1.39. The lowest BCUT2D eigenvalue weighted by atomic mass is 10.3. The zero-order chi connectivity index (χ0) is 14.6. The van der Waals surface area contributed by atoms with Gasteiger partial charge in [-0.2, -0.15) is 0 Å². The highest BCUT2D eigenvalue weighted by atomic mass is 31.2. The van der Waals surface area contributed by atoms with Gasteiger partial charge < -0.3 is 13.8 Å². The first-order chi connectivity index (χ1) is 9.14. The van der Waals surface area contributed by atoms with E-state index in [-0.39, 0.29) is 0 Å². The van der Waals surface area contributed by atoms with E-state index in [0.29, 0.717) is 31.7 Å². The number of ether oxygens (including phenoxy) is 1. The zero-order valence-corrected chi connectivity index (χ0v) is 13.0. The van der Waals surface area contributed by atoms with Gasteiger partial charge in [-0.05, 0) is 27.2 Å². The number of rotatable bonds is 11. The Morgan fingerprint density at radius 2 is 1.89 bits per heavy atom. The lowest BCUT2D eigenvalue weighted by molar-refractivity contribution is 0.167. The Balaban J connectivity index is 4.49. The van der Waals surface area contributed by atoms with Crippen LogP contribution in [0.5, 0.6) is 0 Å². The van der Waals surface area contributed by atoms with Gasteiger partial charge in [0.25, 0.3) is 0 Å². The maximum Gasteiger partial charge on any atom is 0.360 e. The Labute approximate surface area is 116 Å². The van der Waals surface area contributed by atoms with Gasteiger partial charge >= 0.3 is 7.60 Å². The summed E-state index contributed by atoms with van der Waals surface area (Å²) in [5.41, 5.74) is 0. The summed E-state index contributed by atoms with van der Waals surface area (Å²) >= 11 is 0. The van der Waals surface area contributed by atoms with Crippen molar-refractivity contribution < 1.29 is 18.3 Å². The number of hydrogen-bond acceptors (Lipinski definition) is 4. The maximum atomic E-state index is 12.5. The van der Waals surface area contributed by atoms with Gasteiger partial charge in [-0.25, -0.2) is 0 Å². The van der Waals surface area contributed by atoms with Crippen molar-refractivity contribution >= 4 is 7.60 Å². The molecule has 0 aromatic carbocycles. The summed E-state index contributed by atoms with van der Waals surface area (Å²) in [6, 6.07) is 0. The summed E-state index contributed by atoms with van der Waals surface area (Å²) in [7, 11) is -3.17. The molecule has 0 radical (unpaired) electrons. The van der Waals surface area contributed by atoms with E-state index in [0.717, 1.165) is 6.42 Å². The Morgan fingerprint density at radius 1 is 1.26 bits per heavy atom. The molecule has 0 aliphatic heterocycles. The molecule has 0 aromatic rings. The minimum Gasteiger partial charge on any atom is -0.377 e. The van der Waals surface area contributed by atoms with E-state index in [1.165, 1.54) is 0 Å². The van der Waals surface area contributed by atoms with E-state index in [1.807, 2.05) is 13.0 Å². The molecule has 19 heavy (non-hydrogen) atoms. The molecule has 0 N–H and O–H groups in total. The Bertz CT molecular complexity index is 337. The molecule has 0 saturated carbocycles. The average Bonchev–Trinajstić information content (AvgIpc) is 2.38. The fraction of sp³-hybridized carbons (Fsp3) is 0.571. The van der Waals surface area contributed by atoms with E-state index in [1.54, 1.807) is 32.1 Å². The molecule has 0 amide bonds. The van der Waals surface area contributed by atoms with E-state index in [9.17, 15) is 4.57 Å². The fourth-order valence-corrected chi connectivity index (χ4v) is 3.05. The summed E-state index contributed by atoms with van der Waals surface area (Å²) in [6.07, 6.45) is 7.89. The molecular formula is C14H25O4P. The Morgan fingerprint density at radius 3 is 2.37 bits per heavy atom. The topological polar surface area (TPSA) is 44.8 Å². The van der Waals surface area contributed by atoms with Gasteiger partial charge in [0.15, 0.2) is 0 Å². The van der Waals surface area contributed by atoms with Crippen LogP contribution in [0.15, 0.2) is 36.2 Å². The highest BCUT2D eigenvalue weighted by Crippen LogP contribution is 2.56. The highest BCUT2D eigenvalue weighted by molar-refractivity contribution is 7.58. The maximum absolute atomic E-state index is 12.5. The third-order valence-corrected chi connectivity index (χ3v) is 4.40. The second kappa shape index (κ2) is 11.2. The van der Waals surface area contributed by atoms with Crippen LogP contribution in [0.25, 0.3) is 0 Å². The summed E-state index contributed by atoms with van der Waals surface area (Å²) in [6.45, 7) is 10.8. The van der Waals surface area contributed by atoms with E-state index in [2.05, 4.69) is 6.58 Å². The van der Waals surface area contributed by atoms with Crippen molar-refractivity contribution in [3.63, 3.8) is 0 Å². The van der Waals surface area contributed by atoms with Crippen LogP contribution in [0, 0.1) is 0 Å². The minimum absolute atomic E-state index is 0.352. The van der Waals surface area contributed by atoms with Crippen molar-refractivity contribution in [3.8, 4) is 0 Å². The van der Waals surface area contributed by atoms with Crippen molar-refractivity contribution in [3.05, 3.63) is 36.2 Å². The van der Waals surface area contributed by atoms with Crippen molar-refractivity contribution in [2.24, 2.45) is 0 Å². The second-order valence-electron chi connectivity index (χ2n) is 3.60. The molecule has 0 aliphatic rings. The lowest BCUT2D eigenvalue weighted by Gasteiger charge is -2.17. The molecule has 0 spiro atoms. The van der Waals surface area contributed by atoms with Gasteiger partial charge in [-0.15, -0.1) is 6.58 Å². The van der Waals surface area contributed by atoms with Crippen LogP contribution in [-0.2, 0) is 18.3 Å². The molecule has 0 rings (SSSR count). The van der Waals surface area contributed by atoms with Crippen LogP contribution in [0.1, 0.15) is 27.2 Å². The first kappa shape index (κ1) is 18.3. The van der Waals surface area contributed by atoms with Gasteiger partial charge in [0.2, 0.25) is 0 Å². The normalized spacial score (nSPS) is 13.1. The summed E-state index contributed by atoms with van der Waals surface area (Å²) in [5, 5.41) is 0.583. The van der Waals surface area contributed by atoms with E-state index < -0.39 is 7.60 Å². The van der Waals surface area contributed by atoms with Crippen LogP contribution in [0.2, 0.25) is 0 Å². The van der Waals surface area contributed by atoms with Gasteiger partial charge in [0.1, 0.15) is 0 Å². The molecule has 0 aromatic heterocycles. The predicted octanol–water partition coefficient (Wildman–Crippen LogP) is 4.31. The minimum atomic E-state index is -3.17. The first-order valence-corrected chi connectivity index (χ1v) is 8.10. The second-order valence-corrected chi connectivity index (χ2v) is 5.63. The van der Waals surface area contributed by atoms with Gasteiger partial charge in [-0.1, -0.05) is 24.3 Å². The smallest absolute Gasteiger partial charge is 0.360 e. The molecule has 0 saturated heterocycles. The first-order valence-electron chi connectivity index (χ1n) is 6.55. The number of allylic oxidation sites excluding steroid dienone is 3. The molecule has 0 unspecified atom stereocenters. The third-order valence-electron chi connectivity index (χ3n) is 2.16. The third kappa shape index (κ3) is 7.48. The van der Waals surface area contributed by atoms with Gasteiger partial charge in [0, 0.05) is 0 Å². The monoisotopic (exact) mass is 288 g/mol. The molecule has 0 bridgehead atoms. The van der Waals surface area contributed by atoms with Gasteiger partial charge in [-0.3, -0.25) is 4.57 Å². The van der Waals surface area contributed by atoms with Gasteiger partial charge in [0.05, 0.1) is 31.7 Å². The standard InChI is InChI=1S/C14H25O4P/c1-5-12-16-13-10-9-11-14(6-2)19(15,17-7-3)18-8-4/h5-6,9,11H,1,7-8,10,12-13H2,2-4H3/b11-9+,14-6-. The summed E-state index contributed by atoms with van der Waals surface area (Å²) < 4.78 is 28.3. The summed E-state index contributed by atoms with van der Waals surface area (Å²) in [4.78, 5) is 0. The van der Waals surface area contributed by atoms with Crippen LogP contribution >= 0.6 is 7.60 Å². The molecule has 0 fully saturated rings. The average molecular weight is 288 g/mol. The van der Waals surface area contributed by atoms with Crippen molar-refractivity contribution in [1.29, 1.82) is 0 Å². The molecular weight excluding hydrogens is 263 g/mol. The Kier molecular flexibility index (Phi) is 10.8. The van der Waals surface area contributed by atoms with Crippen molar-refractivity contribution in [1.82, 2.24) is 0 Å². The molecule has 4 nitrogen and oxygen atoms in total. The predicted molar refractivity (Wildman–Crippen MR) is 79.4 cm³/mol. The molecule has 0 aliphatic carbocycles. The molecule has 110 valence electrons. The van der Waals surface area contributed by atoms with Crippen molar-refractivity contribution in [2.45, 2.75) is 27.2 Å². The largest absolute Gasteiger partial charge is 0.377 e. The Hall–Kier alpha value is -0.670. The van der Waals surface area contributed by atoms with Crippen LogP contribution in [0.3, 0.4) is 0 Å². The highest BCUT2D eigenvalue weighted by Gasteiger charge is 2.26.